The van der Waals surface area contributed by atoms with E-state index in [1.54, 1.807) is 0 Å². The highest BCUT2D eigenvalue weighted by molar-refractivity contribution is 6.01. The molecule has 0 aromatic heterocycles. The van der Waals surface area contributed by atoms with Crippen molar-refractivity contribution in [2.75, 3.05) is 0 Å². The van der Waals surface area contributed by atoms with Crippen LogP contribution >= 0.6 is 0 Å². The van der Waals surface area contributed by atoms with Gasteiger partial charge in [0.05, 0.1) is 0 Å². The van der Waals surface area contributed by atoms with E-state index < -0.39 is 0 Å². The third-order valence-electron chi connectivity index (χ3n) is 10.8. The van der Waals surface area contributed by atoms with E-state index in [9.17, 15) is 9.59 Å². The van der Waals surface area contributed by atoms with Gasteiger partial charge in [-0.25, -0.2) is 0 Å². The number of hydrogen-bond donors (Lipinski definition) is 0. The van der Waals surface area contributed by atoms with Crippen LogP contribution in [0.5, 0.6) is 0 Å². The average Bonchev–Trinajstić information content (AvgIpc) is 3.55. The lowest BCUT2D eigenvalue weighted by Gasteiger charge is -2.61. The Morgan fingerprint density at radius 2 is 1.86 bits per heavy atom. The number of carbonyl (C=O) groups excluding carboxylic acids is 2. The fourth-order valence-corrected chi connectivity index (χ4v) is 9.61. The summed E-state index contributed by atoms with van der Waals surface area (Å²) in [4.78, 5) is 24.4. The van der Waals surface area contributed by atoms with Gasteiger partial charge in [0.2, 0.25) is 0 Å². The van der Waals surface area contributed by atoms with E-state index >= 15 is 0 Å². The highest BCUT2D eigenvalue weighted by Gasteiger charge is 2.80. The molecule has 0 amide bonds. The summed E-state index contributed by atoms with van der Waals surface area (Å²) in [5.74, 6) is 3.68. The van der Waals surface area contributed by atoms with Gasteiger partial charge < -0.3 is 4.74 Å². The first-order valence-electron chi connectivity index (χ1n) is 11.5. The lowest BCUT2D eigenvalue weighted by Crippen LogP contribution is -2.57. The molecule has 3 heteroatoms. The number of rotatable bonds is 0. The van der Waals surface area contributed by atoms with Gasteiger partial charge >= 0.3 is 5.97 Å². The minimum absolute atomic E-state index is 0.0443. The molecule has 7 aliphatic rings. The van der Waals surface area contributed by atoms with Crippen LogP contribution in [0.1, 0.15) is 65.2 Å². The van der Waals surface area contributed by atoms with Crippen molar-refractivity contribution in [3.8, 4) is 0 Å². The van der Waals surface area contributed by atoms with Crippen LogP contribution in [0.25, 0.3) is 0 Å². The number of hydrogen-bond acceptors (Lipinski definition) is 3. The molecule has 1 aliphatic heterocycles. The van der Waals surface area contributed by atoms with Gasteiger partial charge in [0.25, 0.3) is 0 Å². The molecule has 1 heterocycles. The maximum Gasteiger partial charge on any atom is 0.306 e. The van der Waals surface area contributed by atoms with Gasteiger partial charge in [-0.3, -0.25) is 9.59 Å². The molecule has 3 unspecified atom stereocenters. The van der Waals surface area contributed by atoms with Gasteiger partial charge in [-0.15, -0.1) is 0 Å². The van der Waals surface area contributed by atoms with Crippen molar-refractivity contribution in [2.24, 2.45) is 45.8 Å². The second-order valence-corrected chi connectivity index (χ2v) is 11.7. The zero-order chi connectivity index (χ0) is 19.1. The molecule has 148 valence electrons. The van der Waals surface area contributed by atoms with E-state index in [2.05, 4.69) is 19.9 Å². The Balaban J connectivity index is 1.34. The van der Waals surface area contributed by atoms with Crippen molar-refractivity contribution < 1.29 is 14.3 Å². The third kappa shape index (κ3) is 1.60. The zero-order valence-electron chi connectivity index (χ0n) is 17.0. The van der Waals surface area contributed by atoms with Crippen molar-refractivity contribution in [1.29, 1.82) is 0 Å². The van der Waals surface area contributed by atoms with Crippen LogP contribution in [0.4, 0.5) is 0 Å². The van der Waals surface area contributed by atoms with Crippen LogP contribution in [0.15, 0.2) is 23.8 Å². The summed E-state index contributed by atoms with van der Waals surface area (Å²) in [6.45, 7) is 4.90. The van der Waals surface area contributed by atoms with Gasteiger partial charge in [-0.05, 0) is 86.2 Å². The van der Waals surface area contributed by atoms with E-state index in [1.807, 2.05) is 12.2 Å². The second kappa shape index (κ2) is 4.52. The summed E-state index contributed by atoms with van der Waals surface area (Å²) in [6, 6.07) is 0. The molecule has 6 aliphatic carbocycles. The summed E-state index contributed by atoms with van der Waals surface area (Å²) < 4.78 is 6.22. The van der Waals surface area contributed by atoms with Crippen molar-refractivity contribution in [2.45, 2.75) is 70.8 Å². The Morgan fingerprint density at radius 3 is 2.57 bits per heavy atom. The predicted octanol–water partition coefficient (Wildman–Crippen LogP) is 4.62. The monoisotopic (exact) mass is 378 g/mol. The third-order valence-corrected chi connectivity index (χ3v) is 10.8. The smallest absolute Gasteiger partial charge is 0.306 e. The molecule has 7 rings (SSSR count). The van der Waals surface area contributed by atoms with Crippen LogP contribution in [0.2, 0.25) is 0 Å². The van der Waals surface area contributed by atoms with E-state index in [4.69, 9.17) is 4.74 Å². The van der Waals surface area contributed by atoms with Crippen LogP contribution < -0.4 is 0 Å². The Bertz CT molecular complexity index is 893. The zero-order valence-corrected chi connectivity index (χ0v) is 17.0. The molecule has 0 aromatic rings. The topological polar surface area (TPSA) is 43.4 Å². The molecule has 2 spiro atoms. The minimum atomic E-state index is -0.156. The number of fused-ring (bicyclic) bond motifs is 10. The first-order valence-corrected chi connectivity index (χ1v) is 11.5. The molecule has 0 aromatic carbocycles. The van der Waals surface area contributed by atoms with Crippen LogP contribution in [-0.2, 0) is 14.3 Å². The molecular formula is C25H30O3. The predicted molar refractivity (Wildman–Crippen MR) is 104 cm³/mol. The van der Waals surface area contributed by atoms with Crippen molar-refractivity contribution >= 4 is 11.8 Å². The van der Waals surface area contributed by atoms with Gasteiger partial charge in [0.15, 0.2) is 5.78 Å². The quantitative estimate of drug-likeness (QED) is 0.578. The Hall–Kier alpha value is -1.38. The molecule has 3 nitrogen and oxygen atoms in total. The normalized spacial score (nSPS) is 56.6. The molecule has 6 fully saturated rings. The average molecular weight is 379 g/mol. The summed E-state index contributed by atoms with van der Waals surface area (Å²) in [5.41, 5.74) is 1.82. The number of esters is 1. The van der Waals surface area contributed by atoms with Crippen molar-refractivity contribution in [3.05, 3.63) is 23.8 Å². The molecule has 5 saturated carbocycles. The number of allylic oxidation sites excluding steroid dienone is 4. The Labute approximate surface area is 167 Å². The fraction of sp³-hybridized carbons (Fsp3) is 0.760. The van der Waals surface area contributed by atoms with E-state index in [-0.39, 0.29) is 28.2 Å². The molecular weight excluding hydrogens is 348 g/mol. The molecule has 8 atom stereocenters. The SMILES string of the molecule is C[C@]12C=CC(=O)C=C1C1(CC1)CC1C2CC[C@@]2(C)C1[C@H]1C[C@H]1[C@@]21CCC(=O)O1. The highest BCUT2D eigenvalue weighted by Crippen LogP contribution is 2.81. The van der Waals surface area contributed by atoms with Gasteiger partial charge in [-0.2, -0.15) is 0 Å². The van der Waals surface area contributed by atoms with E-state index in [0.717, 1.165) is 18.3 Å². The number of ketones is 1. The van der Waals surface area contributed by atoms with Crippen LogP contribution in [-0.4, -0.2) is 17.4 Å². The number of ether oxygens (including phenoxy) is 1. The maximum absolute atomic E-state index is 12.2. The molecule has 1 saturated heterocycles. The fourth-order valence-electron chi connectivity index (χ4n) is 9.61. The first kappa shape index (κ1) is 16.4. The van der Waals surface area contributed by atoms with Gasteiger partial charge in [0, 0.05) is 23.2 Å². The standard InChI is InChI=1S/C25H30O3/c1-22-6-3-14(26)11-19(22)24(9-10-24)13-16-17(22)4-7-23(2)21(16)15-12-18(15)25(23)8-5-20(27)28-25/h3,6,11,15-18,21H,4-5,7-10,12-13H2,1-2H3/t15-,16?,17?,18+,21?,22+,23-,25-/m0/s1. The minimum Gasteiger partial charge on any atom is -0.458 e. The summed E-state index contributed by atoms with van der Waals surface area (Å²) in [5, 5.41) is 0. The summed E-state index contributed by atoms with van der Waals surface area (Å²) >= 11 is 0. The van der Waals surface area contributed by atoms with E-state index in [1.165, 1.54) is 44.1 Å². The molecule has 28 heavy (non-hydrogen) atoms. The largest absolute Gasteiger partial charge is 0.458 e. The van der Waals surface area contributed by atoms with Gasteiger partial charge in [0.1, 0.15) is 5.60 Å². The van der Waals surface area contributed by atoms with Crippen molar-refractivity contribution in [1.82, 2.24) is 0 Å². The van der Waals surface area contributed by atoms with Gasteiger partial charge in [-0.1, -0.05) is 25.5 Å². The molecule has 0 bridgehead atoms. The number of carbonyl (C=O) groups is 2. The Morgan fingerprint density at radius 1 is 1.04 bits per heavy atom. The van der Waals surface area contributed by atoms with Crippen LogP contribution in [0.3, 0.4) is 0 Å². The molecule has 0 N–H and O–H groups in total. The maximum atomic E-state index is 12.2. The second-order valence-electron chi connectivity index (χ2n) is 11.7. The van der Waals surface area contributed by atoms with Crippen LogP contribution in [0, 0.1) is 45.8 Å². The lowest BCUT2D eigenvalue weighted by atomic mass is 9.44. The summed E-state index contributed by atoms with van der Waals surface area (Å²) in [7, 11) is 0. The summed E-state index contributed by atoms with van der Waals surface area (Å²) in [6.07, 6.45) is 15.2. The van der Waals surface area contributed by atoms with E-state index in [0.29, 0.717) is 29.6 Å². The first-order chi connectivity index (χ1) is 13.3. The Kier molecular flexibility index (Phi) is 2.65. The molecule has 0 radical (unpaired) electrons. The highest BCUT2D eigenvalue weighted by atomic mass is 16.6. The van der Waals surface area contributed by atoms with Crippen molar-refractivity contribution in [3.63, 3.8) is 0 Å². The lowest BCUT2D eigenvalue weighted by molar-refractivity contribution is -0.176.